The molecule has 1 atom stereocenters. The van der Waals surface area contributed by atoms with Crippen LogP contribution in [0.15, 0.2) is 35.3 Å². The minimum atomic E-state index is -0.554. The van der Waals surface area contributed by atoms with Crippen LogP contribution in [0, 0.1) is 5.82 Å². The maximum Gasteiger partial charge on any atom is 0.257 e. The highest BCUT2D eigenvalue weighted by molar-refractivity contribution is 6.35. The number of methoxy groups -OCH3 is 1. The molecule has 1 saturated carbocycles. The third-order valence-corrected chi connectivity index (χ3v) is 7.31. The van der Waals surface area contributed by atoms with Crippen molar-refractivity contribution in [2.45, 2.75) is 38.4 Å². The number of nitrogens with one attached hydrogen (secondary N) is 2. The molecule has 1 aliphatic carbocycles. The average molecular weight is 533 g/mol. The zero-order chi connectivity index (χ0) is 25.6. The first-order valence-corrected chi connectivity index (χ1v) is 12.7. The summed E-state index contributed by atoms with van der Waals surface area (Å²) in [7, 11) is 1.49. The van der Waals surface area contributed by atoms with Gasteiger partial charge in [-0.05, 0) is 43.5 Å². The van der Waals surface area contributed by atoms with E-state index in [1.54, 1.807) is 24.4 Å². The lowest BCUT2D eigenvalue weighted by atomic mass is 10.1. The average Bonchev–Trinajstić information content (AvgIpc) is 3.68. The van der Waals surface area contributed by atoms with E-state index < -0.39 is 17.2 Å². The van der Waals surface area contributed by atoms with Gasteiger partial charge < -0.3 is 24.8 Å². The number of halogens is 3. The van der Waals surface area contributed by atoms with Crippen molar-refractivity contribution in [1.82, 2.24) is 15.2 Å². The number of ether oxygens (including phenoxy) is 1. The van der Waals surface area contributed by atoms with Crippen molar-refractivity contribution in [3.05, 3.63) is 67.7 Å². The summed E-state index contributed by atoms with van der Waals surface area (Å²) in [4.78, 5) is 28.5. The molecule has 2 aliphatic rings. The largest absolute Gasteiger partial charge is 0.492 e. The second-order valence-corrected chi connectivity index (χ2v) is 10.2. The summed E-state index contributed by atoms with van der Waals surface area (Å²) in [6.07, 6.45) is 3.38. The van der Waals surface area contributed by atoms with Crippen LogP contribution in [0.2, 0.25) is 10.0 Å². The van der Waals surface area contributed by atoms with Crippen molar-refractivity contribution in [2.75, 3.05) is 31.6 Å². The molecule has 2 fully saturated rings. The maximum absolute atomic E-state index is 15.6. The van der Waals surface area contributed by atoms with E-state index in [4.69, 9.17) is 27.9 Å². The van der Waals surface area contributed by atoms with Gasteiger partial charge in [0.1, 0.15) is 11.3 Å². The Morgan fingerprint density at radius 1 is 1.28 bits per heavy atom. The fourth-order valence-electron chi connectivity index (χ4n) is 4.80. The Labute approximate surface area is 218 Å². The van der Waals surface area contributed by atoms with E-state index in [2.05, 4.69) is 10.6 Å². The van der Waals surface area contributed by atoms with Crippen LogP contribution in [-0.4, -0.2) is 43.3 Å². The van der Waals surface area contributed by atoms with Crippen LogP contribution in [0.3, 0.4) is 0 Å². The lowest BCUT2D eigenvalue weighted by Gasteiger charge is -2.35. The highest BCUT2D eigenvalue weighted by Crippen LogP contribution is 2.43. The summed E-state index contributed by atoms with van der Waals surface area (Å²) in [6.45, 7) is 4.10. The molecule has 0 bridgehead atoms. The normalized spacial score (nSPS) is 17.9. The lowest BCUT2D eigenvalue weighted by Crippen LogP contribution is -2.49. The molecule has 2 aromatic carbocycles. The minimum Gasteiger partial charge on any atom is -0.492 e. The number of nitrogens with zero attached hydrogens (tertiary/aromatic N) is 2. The number of piperazine rings is 1. The molecule has 1 unspecified atom stereocenters. The van der Waals surface area contributed by atoms with Crippen LogP contribution in [0.5, 0.6) is 5.75 Å². The number of carbonyl (C=O) groups is 1. The molecule has 10 heteroatoms. The molecule has 1 saturated heterocycles. The fourth-order valence-corrected chi connectivity index (χ4v) is 5.28. The van der Waals surface area contributed by atoms with E-state index in [1.807, 2.05) is 16.4 Å². The number of rotatable bonds is 6. The second-order valence-electron chi connectivity index (χ2n) is 9.37. The molecule has 1 amide bonds. The molecule has 7 nitrogen and oxygen atoms in total. The SMILES string of the molecule is COc1c(N2CCNC(C)C2)c(F)cc2c(=O)c(C(=O)NCc3ccc(Cl)cc3Cl)cn(C3CC3)c12. The Balaban J connectivity index is 1.58. The van der Waals surface area contributed by atoms with E-state index in [0.717, 1.165) is 12.8 Å². The molecule has 0 spiro atoms. The van der Waals surface area contributed by atoms with Gasteiger partial charge in [-0.1, -0.05) is 29.3 Å². The number of pyridine rings is 1. The molecule has 0 radical (unpaired) electrons. The van der Waals surface area contributed by atoms with Gasteiger partial charge in [0, 0.05) is 54.5 Å². The van der Waals surface area contributed by atoms with Crippen LogP contribution < -0.4 is 25.7 Å². The number of amides is 1. The van der Waals surface area contributed by atoms with Crippen molar-refractivity contribution in [2.24, 2.45) is 0 Å². The van der Waals surface area contributed by atoms with Gasteiger partial charge in [-0.15, -0.1) is 0 Å². The van der Waals surface area contributed by atoms with Gasteiger partial charge in [0.25, 0.3) is 5.91 Å². The van der Waals surface area contributed by atoms with Crippen LogP contribution in [0.25, 0.3) is 10.9 Å². The Hall–Kier alpha value is -2.81. The number of benzene rings is 2. The topological polar surface area (TPSA) is 75.6 Å². The van der Waals surface area contributed by atoms with Crippen LogP contribution >= 0.6 is 23.2 Å². The van der Waals surface area contributed by atoms with Gasteiger partial charge >= 0.3 is 0 Å². The zero-order valence-electron chi connectivity index (χ0n) is 20.0. The number of carbonyl (C=O) groups excluding carboxylic acids is 1. The lowest BCUT2D eigenvalue weighted by molar-refractivity contribution is 0.0949. The molecule has 36 heavy (non-hydrogen) atoms. The van der Waals surface area contributed by atoms with E-state index in [-0.39, 0.29) is 29.6 Å². The molecule has 190 valence electrons. The van der Waals surface area contributed by atoms with Gasteiger partial charge in [-0.25, -0.2) is 4.39 Å². The summed E-state index contributed by atoms with van der Waals surface area (Å²) < 4.78 is 23.2. The third-order valence-electron chi connectivity index (χ3n) is 6.73. The standard InChI is InChI=1S/C26H27Cl2FN4O3/c1-14-12-32(8-7-30-14)23-21(29)10-18-22(25(23)36-2)33(17-5-6-17)13-19(24(18)34)26(35)31-11-15-3-4-16(27)9-20(15)28/h3-4,9-10,13-14,17,30H,5-8,11-12H2,1-2H3,(H,31,35). The summed E-state index contributed by atoms with van der Waals surface area (Å²) in [5.41, 5.74) is 0.940. The predicted molar refractivity (Wildman–Crippen MR) is 140 cm³/mol. The van der Waals surface area contributed by atoms with Crippen LogP contribution in [0.4, 0.5) is 10.1 Å². The van der Waals surface area contributed by atoms with Crippen molar-refractivity contribution in [3.8, 4) is 5.75 Å². The molecule has 1 aromatic heterocycles. The highest BCUT2D eigenvalue weighted by atomic mass is 35.5. The van der Waals surface area contributed by atoms with Gasteiger partial charge in [0.2, 0.25) is 5.43 Å². The molecule has 3 aromatic rings. The summed E-state index contributed by atoms with van der Waals surface area (Å²) >= 11 is 12.2. The Morgan fingerprint density at radius 2 is 2.06 bits per heavy atom. The van der Waals surface area contributed by atoms with Gasteiger partial charge in [0.05, 0.1) is 18.0 Å². The van der Waals surface area contributed by atoms with Gasteiger partial charge in [-0.3, -0.25) is 9.59 Å². The molecule has 2 heterocycles. The Bertz CT molecular complexity index is 1410. The first-order chi connectivity index (χ1) is 17.3. The van der Waals surface area contributed by atoms with E-state index >= 15 is 4.39 Å². The molecule has 5 rings (SSSR count). The highest BCUT2D eigenvalue weighted by Gasteiger charge is 2.32. The number of fused-ring (bicyclic) bond motifs is 1. The Kier molecular flexibility index (Phi) is 6.85. The first kappa shape index (κ1) is 24.9. The smallest absolute Gasteiger partial charge is 0.257 e. The minimum absolute atomic E-state index is 0.0514. The van der Waals surface area contributed by atoms with E-state index in [0.29, 0.717) is 52.2 Å². The Morgan fingerprint density at radius 3 is 2.72 bits per heavy atom. The number of anilines is 1. The van der Waals surface area contributed by atoms with Crippen LogP contribution in [-0.2, 0) is 6.54 Å². The summed E-state index contributed by atoms with van der Waals surface area (Å²) in [5, 5.41) is 7.14. The number of hydrogen-bond acceptors (Lipinski definition) is 5. The van der Waals surface area contributed by atoms with E-state index in [1.165, 1.54) is 13.2 Å². The van der Waals surface area contributed by atoms with Gasteiger partial charge in [-0.2, -0.15) is 0 Å². The molecule has 2 N–H and O–H groups in total. The van der Waals surface area contributed by atoms with Crippen molar-refractivity contribution < 1.29 is 13.9 Å². The monoisotopic (exact) mass is 532 g/mol. The second kappa shape index (κ2) is 9.92. The molecule has 1 aliphatic heterocycles. The number of hydrogen-bond donors (Lipinski definition) is 2. The summed E-state index contributed by atoms with van der Waals surface area (Å²) in [6, 6.07) is 6.52. The quantitative estimate of drug-likeness (QED) is 0.488. The maximum atomic E-state index is 15.6. The van der Waals surface area contributed by atoms with E-state index in [9.17, 15) is 9.59 Å². The summed E-state index contributed by atoms with van der Waals surface area (Å²) in [5.74, 6) is -0.775. The zero-order valence-corrected chi connectivity index (χ0v) is 21.5. The van der Waals surface area contributed by atoms with Crippen molar-refractivity contribution >= 4 is 45.7 Å². The fraction of sp³-hybridized carbons (Fsp3) is 0.385. The van der Waals surface area contributed by atoms with Gasteiger partial charge in [0.15, 0.2) is 11.6 Å². The first-order valence-electron chi connectivity index (χ1n) is 11.9. The van der Waals surface area contributed by atoms with Crippen molar-refractivity contribution in [1.29, 1.82) is 0 Å². The third kappa shape index (κ3) is 4.65. The predicted octanol–water partition coefficient (Wildman–Crippen LogP) is 4.52. The number of aromatic nitrogens is 1. The van der Waals surface area contributed by atoms with Crippen molar-refractivity contribution in [3.63, 3.8) is 0 Å². The van der Waals surface area contributed by atoms with Crippen LogP contribution in [0.1, 0.15) is 41.7 Å². The molecular formula is C26H27Cl2FN4O3. The molecular weight excluding hydrogens is 506 g/mol.